The largest absolute Gasteiger partial charge is 0.357 e. The monoisotopic (exact) mass is 497 g/mol. The van der Waals surface area contributed by atoms with Crippen molar-refractivity contribution < 1.29 is 0 Å². The summed E-state index contributed by atoms with van der Waals surface area (Å²) in [6.45, 7) is 12.4. The molecule has 2 atom stereocenters. The summed E-state index contributed by atoms with van der Waals surface area (Å²) in [6.07, 6.45) is 1.91. The van der Waals surface area contributed by atoms with Crippen molar-refractivity contribution in [1.82, 2.24) is 20.4 Å². The first-order valence-corrected chi connectivity index (χ1v) is 10.1. The second-order valence-electron chi connectivity index (χ2n) is 7.03. The molecule has 2 N–H and O–H groups in total. The molecule has 0 saturated heterocycles. The normalized spacial score (nSPS) is 13.6. The number of nitrogens with one attached hydrogen (secondary N) is 2. The highest BCUT2D eigenvalue weighted by Crippen LogP contribution is 2.19. The highest BCUT2D eigenvalue weighted by Gasteiger charge is 2.17. The molecule has 2 rings (SSSR count). The quantitative estimate of drug-likeness (QED) is 0.323. The van der Waals surface area contributed by atoms with Crippen molar-refractivity contribution in [2.45, 2.75) is 66.0 Å². The summed E-state index contributed by atoms with van der Waals surface area (Å²) in [5.41, 5.74) is 5.03. The van der Waals surface area contributed by atoms with Crippen LogP contribution in [0.4, 0.5) is 0 Å². The lowest BCUT2D eigenvalue weighted by Crippen LogP contribution is -2.44. The van der Waals surface area contributed by atoms with Crippen LogP contribution in [0.3, 0.4) is 0 Å². The van der Waals surface area contributed by atoms with E-state index in [-0.39, 0.29) is 30.0 Å². The molecule has 1 aromatic heterocycles. The van der Waals surface area contributed by atoms with Crippen molar-refractivity contribution in [3.8, 4) is 0 Å². The van der Waals surface area contributed by atoms with E-state index in [4.69, 9.17) is 4.99 Å². The molecule has 1 aromatic carbocycles. The van der Waals surface area contributed by atoms with Gasteiger partial charge in [-0.2, -0.15) is 5.10 Å². The van der Waals surface area contributed by atoms with Gasteiger partial charge in [0.15, 0.2) is 5.96 Å². The molecule has 0 amide bonds. The zero-order chi connectivity index (χ0) is 19.8. The number of rotatable bonds is 8. The van der Waals surface area contributed by atoms with Crippen molar-refractivity contribution in [2.24, 2.45) is 12.0 Å². The van der Waals surface area contributed by atoms with E-state index in [9.17, 15) is 0 Å². The molecular formula is C22H36IN5. The first-order chi connectivity index (χ1) is 13.0. The summed E-state index contributed by atoms with van der Waals surface area (Å²) < 4.78 is 2.00. The fraction of sp³-hybridized carbons (Fsp3) is 0.545. The van der Waals surface area contributed by atoms with E-state index in [1.165, 1.54) is 16.8 Å². The first-order valence-electron chi connectivity index (χ1n) is 10.1. The van der Waals surface area contributed by atoms with E-state index in [1.54, 1.807) is 0 Å². The lowest BCUT2D eigenvalue weighted by molar-refractivity contribution is 0.550. The number of hydrogen-bond acceptors (Lipinski definition) is 2. The van der Waals surface area contributed by atoms with Crippen molar-refractivity contribution in [1.29, 1.82) is 0 Å². The molecule has 0 bridgehead atoms. The Kier molecular flexibility index (Phi) is 10.6. The summed E-state index contributed by atoms with van der Waals surface area (Å²) in [6, 6.07) is 10.9. The number of nitrogens with zero attached hydrogens (tertiary/aromatic N) is 3. The highest BCUT2D eigenvalue weighted by atomic mass is 127. The molecule has 0 fully saturated rings. The zero-order valence-electron chi connectivity index (χ0n) is 18.1. The molecule has 0 radical (unpaired) electrons. The van der Waals surface area contributed by atoms with Gasteiger partial charge in [-0.05, 0) is 32.3 Å². The Balaban J connectivity index is 0.00000392. The molecule has 0 aliphatic rings. The molecule has 1 heterocycles. The smallest absolute Gasteiger partial charge is 0.191 e. The maximum Gasteiger partial charge on any atom is 0.191 e. The number of halogens is 1. The van der Waals surface area contributed by atoms with Crippen LogP contribution in [0.25, 0.3) is 0 Å². The Morgan fingerprint density at radius 2 is 1.79 bits per heavy atom. The molecule has 156 valence electrons. The van der Waals surface area contributed by atoms with Gasteiger partial charge in [0.1, 0.15) is 0 Å². The second-order valence-corrected chi connectivity index (χ2v) is 7.03. The molecule has 0 aliphatic heterocycles. The molecule has 6 heteroatoms. The van der Waals surface area contributed by atoms with Crippen LogP contribution in [0, 0.1) is 0 Å². The van der Waals surface area contributed by atoms with Gasteiger partial charge in [-0.1, -0.05) is 51.1 Å². The standard InChI is InChI=1S/C22H35N5.HI/c1-7-20-19(21(8-2)27(6)26-20)15-24-22(23-9-3)25-17(5)16(4)18-13-11-10-12-14-18;/h10-14,16-17H,7-9,15H2,1-6H3,(H2,23,24,25);1H. The Bertz CT molecular complexity index is 739. The molecule has 2 unspecified atom stereocenters. The lowest BCUT2D eigenvalue weighted by Gasteiger charge is -2.24. The number of aryl methyl sites for hydroxylation is 2. The molecule has 28 heavy (non-hydrogen) atoms. The molecule has 0 saturated carbocycles. The van der Waals surface area contributed by atoms with E-state index in [0.717, 1.165) is 31.0 Å². The Labute approximate surface area is 187 Å². The summed E-state index contributed by atoms with van der Waals surface area (Å²) in [4.78, 5) is 4.87. The van der Waals surface area contributed by atoms with Gasteiger partial charge in [0.05, 0.1) is 12.2 Å². The number of aromatic nitrogens is 2. The minimum absolute atomic E-state index is 0. The third-order valence-electron chi connectivity index (χ3n) is 5.21. The van der Waals surface area contributed by atoms with Gasteiger partial charge in [-0.3, -0.25) is 4.68 Å². The van der Waals surface area contributed by atoms with Crippen LogP contribution >= 0.6 is 24.0 Å². The third kappa shape index (κ3) is 6.22. The average Bonchev–Trinajstić information content (AvgIpc) is 3.00. The molecule has 2 aromatic rings. The molecule has 5 nitrogen and oxygen atoms in total. The fourth-order valence-electron chi connectivity index (χ4n) is 3.44. The van der Waals surface area contributed by atoms with Crippen molar-refractivity contribution in [3.63, 3.8) is 0 Å². The first kappa shape index (κ1) is 24.5. The van der Waals surface area contributed by atoms with Crippen molar-refractivity contribution in [3.05, 3.63) is 52.8 Å². The number of guanidine groups is 1. The van der Waals surface area contributed by atoms with E-state index in [0.29, 0.717) is 12.5 Å². The molecule has 0 spiro atoms. The minimum Gasteiger partial charge on any atom is -0.357 e. The van der Waals surface area contributed by atoms with Gasteiger partial charge in [0, 0.05) is 36.8 Å². The van der Waals surface area contributed by atoms with Crippen LogP contribution in [0.5, 0.6) is 0 Å². The number of aliphatic imine (C=N–C) groups is 1. The fourth-order valence-corrected chi connectivity index (χ4v) is 3.44. The zero-order valence-corrected chi connectivity index (χ0v) is 20.5. The van der Waals surface area contributed by atoms with Crippen LogP contribution in [0.2, 0.25) is 0 Å². The Hall–Kier alpha value is -1.57. The topological polar surface area (TPSA) is 54.2 Å². The number of hydrogen-bond donors (Lipinski definition) is 2. The van der Waals surface area contributed by atoms with Crippen LogP contribution in [-0.2, 0) is 26.4 Å². The lowest BCUT2D eigenvalue weighted by atomic mass is 9.94. The summed E-state index contributed by atoms with van der Waals surface area (Å²) in [7, 11) is 2.03. The summed E-state index contributed by atoms with van der Waals surface area (Å²) >= 11 is 0. The van der Waals surface area contributed by atoms with E-state index < -0.39 is 0 Å². The minimum atomic E-state index is 0. The maximum atomic E-state index is 4.87. The van der Waals surface area contributed by atoms with Crippen LogP contribution in [-0.4, -0.2) is 28.3 Å². The molecular weight excluding hydrogens is 461 g/mol. The average molecular weight is 497 g/mol. The van der Waals surface area contributed by atoms with Gasteiger partial charge in [0.25, 0.3) is 0 Å². The predicted octanol–water partition coefficient (Wildman–Crippen LogP) is 4.41. The van der Waals surface area contributed by atoms with Gasteiger partial charge in [-0.15, -0.1) is 24.0 Å². The number of benzene rings is 1. The van der Waals surface area contributed by atoms with Crippen molar-refractivity contribution in [2.75, 3.05) is 6.54 Å². The van der Waals surface area contributed by atoms with Crippen LogP contribution in [0.1, 0.15) is 63.1 Å². The Morgan fingerprint density at radius 3 is 2.36 bits per heavy atom. The van der Waals surface area contributed by atoms with E-state index >= 15 is 0 Å². The van der Waals surface area contributed by atoms with Crippen LogP contribution < -0.4 is 10.6 Å². The SMILES string of the molecule is CCNC(=NCc1c(CC)nn(C)c1CC)NC(C)C(C)c1ccccc1.I. The van der Waals surface area contributed by atoms with Gasteiger partial charge in [-0.25, -0.2) is 4.99 Å². The summed E-state index contributed by atoms with van der Waals surface area (Å²) in [5.74, 6) is 1.26. The van der Waals surface area contributed by atoms with Crippen molar-refractivity contribution >= 4 is 29.9 Å². The van der Waals surface area contributed by atoms with Gasteiger partial charge < -0.3 is 10.6 Å². The second kappa shape index (κ2) is 12.1. The van der Waals surface area contributed by atoms with Gasteiger partial charge in [0.2, 0.25) is 0 Å². The van der Waals surface area contributed by atoms with E-state index in [1.807, 2.05) is 11.7 Å². The predicted molar refractivity (Wildman–Crippen MR) is 130 cm³/mol. The molecule has 0 aliphatic carbocycles. The van der Waals surface area contributed by atoms with Crippen LogP contribution in [0.15, 0.2) is 35.3 Å². The summed E-state index contributed by atoms with van der Waals surface area (Å²) in [5, 5.41) is 11.6. The maximum absolute atomic E-state index is 4.87. The van der Waals surface area contributed by atoms with E-state index in [2.05, 4.69) is 80.7 Å². The van der Waals surface area contributed by atoms with Gasteiger partial charge >= 0.3 is 0 Å². The Morgan fingerprint density at radius 1 is 1.11 bits per heavy atom. The third-order valence-corrected chi connectivity index (χ3v) is 5.21. The highest BCUT2D eigenvalue weighted by molar-refractivity contribution is 14.0.